The third-order valence-electron chi connectivity index (χ3n) is 3.37. The van der Waals surface area contributed by atoms with Gasteiger partial charge in [-0.15, -0.1) is 0 Å². The van der Waals surface area contributed by atoms with E-state index in [0.717, 1.165) is 0 Å². The van der Waals surface area contributed by atoms with Gasteiger partial charge in [-0.3, -0.25) is 9.59 Å². The lowest BCUT2D eigenvalue weighted by atomic mass is 10.1. The molecule has 0 atom stereocenters. The molecule has 1 aliphatic heterocycles. The number of thiol groups is 1. The van der Waals surface area contributed by atoms with E-state index in [-0.39, 0.29) is 11.6 Å². The van der Waals surface area contributed by atoms with Crippen molar-refractivity contribution in [2.24, 2.45) is 10.2 Å². The van der Waals surface area contributed by atoms with Gasteiger partial charge in [0.2, 0.25) is 5.88 Å². The van der Waals surface area contributed by atoms with Gasteiger partial charge in [-0.25, -0.2) is 0 Å². The van der Waals surface area contributed by atoms with Gasteiger partial charge in [0.1, 0.15) is 5.82 Å². The number of azo groups is 1. The number of aromatic amines is 1. The third kappa shape index (κ3) is 3.57. The van der Waals surface area contributed by atoms with E-state index in [1.54, 1.807) is 12.1 Å². The van der Waals surface area contributed by atoms with Crippen molar-refractivity contribution >= 4 is 41.5 Å². The summed E-state index contributed by atoms with van der Waals surface area (Å²) in [5, 5.41) is 20.5. The smallest absolute Gasteiger partial charge is 0.267 e. The van der Waals surface area contributed by atoms with Crippen molar-refractivity contribution in [3.8, 4) is 5.88 Å². The van der Waals surface area contributed by atoms with Crippen molar-refractivity contribution in [2.45, 2.75) is 5.75 Å². The van der Waals surface area contributed by atoms with Crippen molar-refractivity contribution in [1.29, 1.82) is 0 Å². The number of nitrogens with one attached hydrogen (secondary N) is 2. The number of amides is 1. The van der Waals surface area contributed by atoms with E-state index in [4.69, 9.17) is 11.6 Å². The zero-order valence-corrected chi connectivity index (χ0v) is 14.3. The normalized spacial score (nSPS) is 13.0. The number of halogens is 1. The third-order valence-corrected chi connectivity index (χ3v) is 3.99. The summed E-state index contributed by atoms with van der Waals surface area (Å²) >= 11 is 10.2. The molecule has 10 heteroatoms. The van der Waals surface area contributed by atoms with Crippen LogP contribution >= 0.6 is 24.2 Å². The Kier molecular flexibility index (Phi) is 4.86. The van der Waals surface area contributed by atoms with Gasteiger partial charge in [-0.05, 0) is 24.3 Å². The van der Waals surface area contributed by atoms with Gasteiger partial charge in [0.25, 0.3) is 11.5 Å². The van der Waals surface area contributed by atoms with Crippen molar-refractivity contribution in [2.75, 3.05) is 11.9 Å². The summed E-state index contributed by atoms with van der Waals surface area (Å²) < 4.78 is 0. The van der Waals surface area contributed by atoms with Crippen LogP contribution in [-0.4, -0.2) is 27.5 Å². The quantitative estimate of drug-likeness (QED) is 0.612. The monoisotopic (exact) mass is 377 g/mol. The van der Waals surface area contributed by atoms with Crippen LogP contribution in [0.3, 0.4) is 0 Å². The molecular weight excluding hydrogens is 366 g/mol. The molecule has 0 unspecified atom stereocenters. The number of rotatable bonds is 4. The van der Waals surface area contributed by atoms with Gasteiger partial charge in [-0.1, -0.05) is 11.6 Å². The Bertz CT molecular complexity index is 970. The fourth-order valence-electron chi connectivity index (χ4n) is 2.23. The van der Waals surface area contributed by atoms with Gasteiger partial charge in [-0.2, -0.15) is 27.8 Å². The number of carbonyl (C=O) groups is 1. The van der Waals surface area contributed by atoms with E-state index in [2.05, 4.69) is 38.1 Å². The van der Waals surface area contributed by atoms with Crippen molar-refractivity contribution < 1.29 is 9.90 Å². The van der Waals surface area contributed by atoms with E-state index < -0.39 is 22.9 Å². The second-order valence-electron chi connectivity index (χ2n) is 5.03. The molecule has 0 bridgehead atoms. The SMILES string of the molecule is O=C(Nc1ccc(C2=CCN=N2)c(Cl)c1)c1c(O)nc(CS)[nH]c1=O. The van der Waals surface area contributed by atoms with E-state index in [1.807, 2.05) is 6.08 Å². The Balaban J connectivity index is 1.86. The lowest BCUT2D eigenvalue weighted by Crippen LogP contribution is -2.25. The zero-order valence-electron chi connectivity index (χ0n) is 12.7. The van der Waals surface area contributed by atoms with E-state index in [1.165, 1.54) is 6.07 Å². The number of aromatic hydroxyl groups is 1. The Morgan fingerprint density at radius 1 is 1.44 bits per heavy atom. The number of aromatic nitrogens is 2. The molecule has 0 spiro atoms. The van der Waals surface area contributed by atoms with Crippen LogP contribution in [0.2, 0.25) is 5.02 Å². The average Bonchev–Trinajstić information content (AvgIpc) is 3.08. The number of hydrogen-bond acceptors (Lipinski definition) is 7. The summed E-state index contributed by atoms with van der Waals surface area (Å²) in [6, 6.07) is 4.80. The molecule has 1 aliphatic rings. The van der Waals surface area contributed by atoms with Gasteiger partial charge in [0.15, 0.2) is 5.56 Å². The minimum Gasteiger partial charge on any atom is -0.493 e. The Hall–Kier alpha value is -2.65. The van der Waals surface area contributed by atoms with E-state index in [0.29, 0.717) is 28.5 Å². The second kappa shape index (κ2) is 7.08. The minimum absolute atomic E-state index is 0.120. The molecule has 0 saturated carbocycles. The van der Waals surface area contributed by atoms with E-state index >= 15 is 0 Å². The lowest BCUT2D eigenvalue weighted by molar-refractivity contribution is 0.102. The molecule has 1 amide bonds. The predicted octanol–water partition coefficient (Wildman–Crippen LogP) is 2.62. The van der Waals surface area contributed by atoms with Crippen LogP contribution in [0.4, 0.5) is 5.69 Å². The van der Waals surface area contributed by atoms with Crippen molar-refractivity contribution in [1.82, 2.24) is 9.97 Å². The number of H-pyrrole nitrogens is 1. The molecule has 3 rings (SSSR count). The molecule has 1 aromatic carbocycles. The molecule has 2 aromatic rings. The summed E-state index contributed by atoms with van der Waals surface area (Å²) in [6.07, 6.45) is 1.83. The molecule has 8 nitrogen and oxygen atoms in total. The Morgan fingerprint density at radius 3 is 2.84 bits per heavy atom. The highest BCUT2D eigenvalue weighted by Gasteiger charge is 2.19. The first-order chi connectivity index (χ1) is 12.0. The largest absolute Gasteiger partial charge is 0.493 e. The van der Waals surface area contributed by atoms with Crippen LogP contribution in [0.15, 0.2) is 39.3 Å². The number of carbonyl (C=O) groups excluding carboxylic acids is 1. The van der Waals surface area contributed by atoms with Crippen LogP contribution in [0, 0.1) is 0 Å². The maximum atomic E-state index is 12.3. The summed E-state index contributed by atoms with van der Waals surface area (Å²) in [6.45, 7) is 0.501. The fraction of sp³-hybridized carbons (Fsp3) is 0.133. The molecule has 128 valence electrons. The maximum Gasteiger partial charge on any atom is 0.267 e. The fourth-order valence-corrected chi connectivity index (χ4v) is 2.66. The second-order valence-corrected chi connectivity index (χ2v) is 5.75. The summed E-state index contributed by atoms with van der Waals surface area (Å²) in [4.78, 5) is 30.3. The molecule has 0 aliphatic carbocycles. The lowest BCUT2D eigenvalue weighted by Gasteiger charge is -2.09. The summed E-state index contributed by atoms with van der Waals surface area (Å²) in [7, 11) is 0. The molecular formula is C15H12ClN5O3S. The van der Waals surface area contributed by atoms with E-state index in [9.17, 15) is 14.7 Å². The van der Waals surface area contributed by atoms with Crippen molar-refractivity contribution in [3.63, 3.8) is 0 Å². The minimum atomic E-state index is -0.805. The molecule has 1 aromatic heterocycles. The van der Waals surface area contributed by atoms with Crippen LogP contribution in [0.1, 0.15) is 21.7 Å². The molecule has 3 N–H and O–H groups in total. The standard InChI is InChI=1S/C15H12ClN5O3S/c16-9-5-7(1-2-8(9)10-3-4-17-21-10)18-13(22)12-14(23)19-11(6-25)20-15(12)24/h1-3,5,25H,4,6H2,(H,18,22)(H2,19,20,23,24). The highest BCUT2D eigenvalue weighted by Crippen LogP contribution is 2.30. The van der Waals surface area contributed by atoms with Gasteiger partial charge in [0.05, 0.1) is 17.3 Å². The number of anilines is 1. The number of benzene rings is 1. The molecule has 25 heavy (non-hydrogen) atoms. The van der Waals surface area contributed by atoms with Crippen LogP contribution in [0.5, 0.6) is 5.88 Å². The summed E-state index contributed by atoms with van der Waals surface area (Å²) in [5.74, 6) is -1.19. The molecule has 2 heterocycles. The zero-order chi connectivity index (χ0) is 18.0. The topological polar surface area (TPSA) is 120 Å². The Morgan fingerprint density at radius 2 is 2.24 bits per heavy atom. The first-order valence-electron chi connectivity index (χ1n) is 7.11. The highest BCUT2D eigenvalue weighted by molar-refractivity contribution is 7.79. The van der Waals surface area contributed by atoms with Gasteiger partial charge < -0.3 is 15.4 Å². The number of nitrogens with zero attached hydrogens (tertiary/aromatic N) is 3. The number of hydrogen-bond donors (Lipinski definition) is 4. The highest BCUT2D eigenvalue weighted by atomic mass is 35.5. The van der Waals surface area contributed by atoms with Crippen LogP contribution < -0.4 is 10.9 Å². The van der Waals surface area contributed by atoms with Gasteiger partial charge in [0, 0.05) is 17.0 Å². The predicted molar refractivity (Wildman–Crippen MR) is 96.3 cm³/mol. The maximum absolute atomic E-state index is 12.3. The van der Waals surface area contributed by atoms with Crippen molar-refractivity contribution in [3.05, 3.63) is 56.6 Å². The average molecular weight is 378 g/mol. The molecule has 0 fully saturated rings. The van der Waals surface area contributed by atoms with Gasteiger partial charge >= 0.3 is 0 Å². The molecule has 0 radical (unpaired) electrons. The van der Waals surface area contributed by atoms with Crippen LogP contribution in [0.25, 0.3) is 5.70 Å². The summed E-state index contributed by atoms with van der Waals surface area (Å²) in [5.41, 5.74) is 0.447. The Labute approximate surface area is 152 Å². The van der Waals surface area contributed by atoms with Crippen LogP contribution in [-0.2, 0) is 5.75 Å². The first kappa shape index (κ1) is 17.2. The molecule has 0 saturated heterocycles. The first-order valence-corrected chi connectivity index (χ1v) is 8.12.